The van der Waals surface area contributed by atoms with Crippen LogP contribution in [0.15, 0.2) is 18.2 Å². The molecule has 0 aliphatic heterocycles. The van der Waals surface area contributed by atoms with Crippen molar-refractivity contribution in [1.82, 2.24) is 0 Å². The van der Waals surface area contributed by atoms with Gasteiger partial charge in [0, 0.05) is 11.1 Å². The highest BCUT2D eigenvalue weighted by Crippen LogP contribution is 2.20. The molecule has 14 heavy (non-hydrogen) atoms. The fraction of sp³-hybridized carbons (Fsp3) is 0.300. The summed E-state index contributed by atoms with van der Waals surface area (Å²) >= 11 is 5.71. The van der Waals surface area contributed by atoms with Crippen LogP contribution in [-0.2, 0) is 0 Å². The second-order valence-corrected chi connectivity index (χ2v) is 3.47. The average Bonchev–Trinajstić information content (AvgIpc) is 2.12. The number of rotatable bonds is 3. The van der Waals surface area contributed by atoms with Gasteiger partial charge in [-0.3, -0.25) is 0 Å². The molecule has 1 aromatic rings. The van der Waals surface area contributed by atoms with Crippen molar-refractivity contribution in [1.29, 1.82) is 5.26 Å². The molecule has 0 saturated carbocycles. The Kier molecular flexibility index (Phi) is 3.73. The number of anilines is 1. The molecule has 0 spiro atoms. The molecule has 1 aromatic carbocycles. The van der Waals surface area contributed by atoms with Crippen LogP contribution in [0.5, 0.6) is 0 Å². The Morgan fingerprint density at radius 3 is 3.00 bits per heavy atom. The fourth-order valence-electron chi connectivity index (χ4n) is 1.06. The van der Waals surface area contributed by atoms with Crippen LogP contribution in [-0.4, -0.2) is 6.04 Å². The van der Waals surface area contributed by atoms with E-state index in [4.69, 9.17) is 16.9 Å². The van der Waals surface area contributed by atoms with Gasteiger partial charge in [0.05, 0.1) is 18.2 Å². The monoisotopic (exact) mass is 212 g/mol. The van der Waals surface area contributed by atoms with Gasteiger partial charge in [0.25, 0.3) is 0 Å². The van der Waals surface area contributed by atoms with Crippen LogP contribution in [0.3, 0.4) is 0 Å². The van der Waals surface area contributed by atoms with Crippen molar-refractivity contribution in [3.63, 3.8) is 0 Å². The molecule has 0 bridgehead atoms. The van der Waals surface area contributed by atoms with E-state index in [2.05, 4.69) is 5.32 Å². The highest BCUT2D eigenvalue weighted by atomic mass is 35.5. The quantitative estimate of drug-likeness (QED) is 0.835. The summed E-state index contributed by atoms with van der Waals surface area (Å²) in [6.45, 7) is 1.81. The standard InChI is InChI=1S/C10H10ClFN2/c1-7(4-5-13)14-10-6-8(11)2-3-9(10)12/h2-3,6-7,14H,4H2,1H3. The molecule has 2 nitrogen and oxygen atoms in total. The number of nitriles is 1. The third-order valence-corrected chi connectivity index (χ3v) is 1.96. The lowest BCUT2D eigenvalue weighted by Gasteiger charge is -2.12. The van der Waals surface area contributed by atoms with Crippen LogP contribution >= 0.6 is 11.6 Å². The summed E-state index contributed by atoms with van der Waals surface area (Å²) in [7, 11) is 0. The minimum absolute atomic E-state index is 0.0898. The molecule has 0 heterocycles. The first kappa shape index (κ1) is 10.8. The molecule has 0 radical (unpaired) electrons. The molecule has 0 saturated heterocycles. The van der Waals surface area contributed by atoms with E-state index in [9.17, 15) is 4.39 Å². The number of nitrogens with zero attached hydrogens (tertiary/aromatic N) is 1. The summed E-state index contributed by atoms with van der Waals surface area (Å²) in [4.78, 5) is 0. The Bertz CT molecular complexity index is 360. The van der Waals surface area contributed by atoms with Crippen molar-refractivity contribution in [3.8, 4) is 6.07 Å². The zero-order valence-corrected chi connectivity index (χ0v) is 8.48. The van der Waals surface area contributed by atoms with E-state index in [1.54, 1.807) is 0 Å². The van der Waals surface area contributed by atoms with E-state index >= 15 is 0 Å². The zero-order valence-electron chi connectivity index (χ0n) is 7.72. The highest BCUT2D eigenvalue weighted by molar-refractivity contribution is 6.30. The molecule has 0 aromatic heterocycles. The van der Waals surface area contributed by atoms with E-state index in [0.717, 1.165) is 0 Å². The maximum atomic E-state index is 13.2. The maximum Gasteiger partial charge on any atom is 0.146 e. The van der Waals surface area contributed by atoms with Gasteiger partial charge in [-0.25, -0.2) is 4.39 Å². The Balaban J connectivity index is 2.76. The zero-order chi connectivity index (χ0) is 10.6. The molecule has 1 N–H and O–H groups in total. The van der Waals surface area contributed by atoms with E-state index < -0.39 is 0 Å². The van der Waals surface area contributed by atoms with Gasteiger partial charge >= 0.3 is 0 Å². The van der Waals surface area contributed by atoms with Gasteiger partial charge < -0.3 is 5.32 Å². The molecule has 0 aliphatic rings. The second kappa shape index (κ2) is 4.83. The lowest BCUT2D eigenvalue weighted by molar-refractivity contribution is 0.626. The topological polar surface area (TPSA) is 35.8 Å². The number of benzene rings is 1. The van der Waals surface area contributed by atoms with Crippen molar-refractivity contribution in [2.24, 2.45) is 0 Å². The minimum Gasteiger partial charge on any atom is -0.379 e. The van der Waals surface area contributed by atoms with Crippen molar-refractivity contribution >= 4 is 17.3 Å². The molecule has 0 aliphatic carbocycles. The van der Waals surface area contributed by atoms with Gasteiger partial charge in [-0.1, -0.05) is 11.6 Å². The molecule has 74 valence electrons. The third kappa shape index (κ3) is 2.90. The molecule has 4 heteroatoms. The second-order valence-electron chi connectivity index (χ2n) is 3.03. The van der Waals surface area contributed by atoms with Crippen molar-refractivity contribution < 1.29 is 4.39 Å². The van der Waals surface area contributed by atoms with E-state index in [0.29, 0.717) is 17.1 Å². The predicted molar refractivity (Wildman–Crippen MR) is 54.7 cm³/mol. The normalized spacial score (nSPS) is 11.9. The van der Waals surface area contributed by atoms with Crippen molar-refractivity contribution in [3.05, 3.63) is 29.0 Å². The Morgan fingerprint density at radius 1 is 1.64 bits per heavy atom. The third-order valence-electron chi connectivity index (χ3n) is 1.73. The Morgan fingerprint density at radius 2 is 2.36 bits per heavy atom. The van der Waals surface area contributed by atoms with Gasteiger partial charge in [-0.15, -0.1) is 0 Å². The van der Waals surface area contributed by atoms with Crippen LogP contribution in [0.1, 0.15) is 13.3 Å². The number of halogens is 2. The van der Waals surface area contributed by atoms with Gasteiger partial charge in [-0.05, 0) is 25.1 Å². The summed E-state index contributed by atoms with van der Waals surface area (Å²) in [6, 6.07) is 6.20. The molecule has 0 amide bonds. The first-order valence-corrected chi connectivity index (χ1v) is 4.60. The Hall–Kier alpha value is -1.27. The molecular formula is C10H10ClFN2. The fourth-order valence-corrected chi connectivity index (χ4v) is 1.23. The SMILES string of the molecule is CC(CC#N)Nc1cc(Cl)ccc1F. The first-order chi connectivity index (χ1) is 6.63. The van der Waals surface area contributed by atoms with Crippen LogP contribution in [0, 0.1) is 17.1 Å². The molecule has 1 atom stereocenters. The molecular weight excluding hydrogens is 203 g/mol. The minimum atomic E-state index is -0.362. The van der Waals surface area contributed by atoms with Crippen LogP contribution in [0.4, 0.5) is 10.1 Å². The Labute approximate surface area is 87.3 Å². The van der Waals surface area contributed by atoms with E-state index in [-0.39, 0.29) is 11.9 Å². The summed E-state index contributed by atoms with van der Waals surface area (Å²) in [5.41, 5.74) is 0.334. The molecule has 1 unspecified atom stereocenters. The van der Waals surface area contributed by atoms with E-state index in [1.165, 1.54) is 18.2 Å². The average molecular weight is 213 g/mol. The van der Waals surface area contributed by atoms with Gasteiger partial charge in [0.1, 0.15) is 5.82 Å². The van der Waals surface area contributed by atoms with Gasteiger partial charge in [-0.2, -0.15) is 5.26 Å². The number of nitrogens with one attached hydrogen (secondary N) is 1. The van der Waals surface area contributed by atoms with Gasteiger partial charge in [0.2, 0.25) is 0 Å². The number of hydrogen-bond acceptors (Lipinski definition) is 2. The molecule has 0 fully saturated rings. The van der Waals surface area contributed by atoms with Crippen LogP contribution in [0.2, 0.25) is 5.02 Å². The summed E-state index contributed by atoms with van der Waals surface area (Å²) in [6.07, 6.45) is 0.325. The highest BCUT2D eigenvalue weighted by Gasteiger charge is 2.06. The predicted octanol–water partition coefficient (Wildman–Crippen LogP) is 3.19. The van der Waals surface area contributed by atoms with Crippen LogP contribution < -0.4 is 5.32 Å². The first-order valence-electron chi connectivity index (χ1n) is 4.22. The summed E-state index contributed by atoms with van der Waals surface area (Å²) in [5, 5.41) is 11.8. The lowest BCUT2D eigenvalue weighted by Crippen LogP contribution is -2.14. The summed E-state index contributed by atoms with van der Waals surface area (Å²) < 4.78 is 13.2. The number of hydrogen-bond donors (Lipinski definition) is 1. The van der Waals surface area contributed by atoms with E-state index in [1.807, 2.05) is 13.0 Å². The molecule has 1 rings (SSSR count). The van der Waals surface area contributed by atoms with Gasteiger partial charge in [0.15, 0.2) is 0 Å². The van der Waals surface area contributed by atoms with Crippen LogP contribution in [0.25, 0.3) is 0 Å². The van der Waals surface area contributed by atoms with Crippen molar-refractivity contribution in [2.45, 2.75) is 19.4 Å². The summed E-state index contributed by atoms with van der Waals surface area (Å²) in [5.74, 6) is -0.362. The smallest absolute Gasteiger partial charge is 0.146 e. The van der Waals surface area contributed by atoms with Crippen molar-refractivity contribution in [2.75, 3.05) is 5.32 Å². The maximum absolute atomic E-state index is 13.2. The largest absolute Gasteiger partial charge is 0.379 e. The lowest BCUT2D eigenvalue weighted by atomic mass is 10.2.